The monoisotopic (exact) mass is 587 g/mol. The summed E-state index contributed by atoms with van der Waals surface area (Å²) in [6, 6.07) is 13.1. The van der Waals surface area contributed by atoms with Crippen molar-refractivity contribution in [3.8, 4) is 0 Å². The highest BCUT2D eigenvalue weighted by atomic mass is 14.8. The standard InChI is InChI=1S/C41H66N2/c1-6-7-8-9-10-11-12-13-14-15-16-17-18-19-20-21-22-23-24-25-26-27-39(43-41-32-37(4)29-38(5)33-41)34-42-40-30-35(2)28-36(3)31-40/h28-34H,6-27H2,1-5H3. The van der Waals surface area contributed by atoms with Crippen molar-refractivity contribution in [3.63, 3.8) is 0 Å². The fourth-order valence-corrected chi connectivity index (χ4v) is 6.24. The Balaban J connectivity index is 1.54. The minimum absolute atomic E-state index is 0.986. The average Bonchev–Trinajstić information content (AvgIpc) is 2.95. The van der Waals surface area contributed by atoms with Gasteiger partial charge in [0.15, 0.2) is 0 Å². The van der Waals surface area contributed by atoms with Crippen LogP contribution in [0, 0.1) is 27.7 Å². The van der Waals surface area contributed by atoms with Crippen LogP contribution in [0.5, 0.6) is 0 Å². The van der Waals surface area contributed by atoms with E-state index in [1.54, 1.807) is 0 Å². The fraction of sp³-hybridized carbons (Fsp3) is 0.659. The van der Waals surface area contributed by atoms with Crippen LogP contribution in [0.3, 0.4) is 0 Å². The van der Waals surface area contributed by atoms with Crippen LogP contribution in [-0.4, -0.2) is 11.9 Å². The predicted octanol–water partition coefficient (Wildman–Crippen LogP) is 14.0. The summed E-state index contributed by atoms with van der Waals surface area (Å²) in [7, 11) is 0. The van der Waals surface area contributed by atoms with Crippen LogP contribution in [-0.2, 0) is 0 Å². The van der Waals surface area contributed by atoms with E-state index in [1.807, 2.05) is 6.21 Å². The minimum Gasteiger partial charge on any atom is -0.255 e. The molecule has 0 amide bonds. The Morgan fingerprint density at radius 2 is 0.767 bits per heavy atom. The molecule has 0 spiro atoms. The second-order valence-corrected chi connectivity index (χ2v) is 13.4. The average molecular weight is 587 g/mol. The normalized spacial score (nSPS) is 12.1. The lowest BCUT2D eigenvalue weighted by atomic mass is 10.0. The molecule has 2 aromatic rings. The third-order valence-electron chi connectivity index (χ3n) is 8.58. The van der Waals surface area contributed by atoms with Gasteiger partial charge in [-0.3, -0.25) is 9.98 Å². The van der Waals surface area contributed by atoms with Crippen molar-refractivity contribution in [3.05, 3.63) is 58.7 Å². The van der Waals surface area contributed by atoms with Crippen LogP contribution in [0.25, 0.3) is 0 Å². The van der Waals surface area contributed by atoms with Crippen LogP contribution < -0.4 is 0 Å². The summed E-state index contributed by atoms with van der Waals surface area (Å²) in [6.07, 6.45) is 32.7. The summed E-state index contributed by atoms with van der Waals surface area (Å²) in [6.45, 7) is 10.9. The number of nitrogens with zero attached hydrogens (tertiary/aromatic N) is 2. The van der Waals surface area contributed by atoms with E-state index in [0.29, 0.717) is 0 Å². The molecule has 0 N–H and O–H groups in total. The van der Waals surface area contributed by atoms with Crippen LogP contribution >= 0.6 is 0 Å². The summed E-state index contributed by atoms with van der Waals surface area (Å²) in [5.74, 6) is 0. The Kier molecular flexibility index (Phi) is 20.8. The van der Waals surface area contributed by atoms with E-state index in [-0.39, 0.29) is 0 Å². The summed E-state index contributed by atoms with van der Waals surface area (Å²) in [5, 5.41) is 0. The molecule has 0 unspecified atom stereocenters. The minimum atomic E-state index is 0.986. The largest absolute Gasteiger partial charge is 0.255 e. The molecule has 0 bridgehead atoms. The molecule has 0 aliphatic rings. The Hall–Kier alpha value is -2.22. The molecule has 0 fully saturated rings. The number of benzene rings is 2. The fourth-order valence-electron chi connectivity index (χ4n) is 6.24. The van der Waals surface area contributed by atoms with Crippen molar-refractivity contribution in [1.82, 2.24) is 0 Å². The van der Waals surface area contributed by atoms with Gasteiger partial charge in [0, 0.05) is 6.21 Å². The highest BCUT2D eigenvalue weighted by molar-refractivity contribution is 6.31. The molecule has 0 aliphatic heterocycles. The molecular formula is C41H66N2. The summed E-state index contributed by atoms with van der Waals surface area (Å²) >= 11 is 0. The second kappa shape index (κ2) is 24.1. The van der Waals surface area contributed by atoms with Crippen LogP contribution in [0.2, 0.25) is 0 Å². The van der Waals surface area contributed by atoms with Crippen molar-refractivity contribution in [2.24, 2.45) is 9.98 Å². The van der Waals surface area contributed by atoms with Gasteiger partial charge in [-0.25, -0.2) is 0 Å². The highest BCUT2D eigenvalue weighted by Gasteiger charge is 2.02. The lowest BCUT2D eigenvalue weighted by molar-refractivity contribution is 0.521. The zero-order valence-corrected chi connectivity index (χ0v) is 29.0. The molecule has 0 saturated heterocycles. The molecule has 0 saturated carbocycles. The maximum absolute atomic E-state index is 5.03. The SMILES string of the molecule is CCCCCCCCCCCCCCCCCCCCCCCC(C=Nc1cc(C)cc(C)c1)=Nc1cc(C)cc(C)c1. The number of aliphatic imine (C=N–C) groups is 2. The van der Waals surface area contributed by atoms with Crippen LogP contribution in [0.15, 0.2) is 46.4 Å². The van der Waals surface area contributed by atoms with E-state index in [4.69, 9.17) is 9.98 Å². The van der Waals surface area contributed by atoms with Gasteiger partial charge in [0.1, 0.15) is 0 Å². The quantitative estimate of drug-likeness (QED) is 0.0816. The maximum Gasteiger partial charge on any atom is 0.0638 e. The van der Waals surface area contributed by atoms with Crippen molar-refractivity contribution < 1.29 is 0 Å². The molecule has 0 aliphatic carbocycles. The van der Waals surface area contributed by atoms with Crippen molar-refractivity contribution >= 4 is 23.3 Å². The van der Waals surface area contributed by atoms with Crippen LogP contribution in [0.1, 0.15) is 170 Å². The van der Waals surface area contributed by atoms with Gasteiger partial charge < -0.3 is 0 Å². The van der Waals surface area contributed by atoms with E-state index in [1.165, 1.54) is 157 Å². The van der Waals surface area contributed by atoms with Crippen molar-refractivity contribution in [2.75, 3.05) is 0 Å². The number of unbranched alkanes of at least 4 members (excludes halogenated alkanes) is 20. The first-order valence-electron chi connectivity index (χ1n) is 18.2. The summed E-state index contributed by atoms with van der Waals surface area (Å²) in [4.78, 5) is 9.85. The first kappa shape index (κ1) is 37.0. The first-order valence-corrected chi connectivity index (χ1v) is 18.2. The summed E-state index contributed by atoms with van der Waals surface area (Å²) < 4.78 is 0. The number of rotatable bonds is 25. The van der Waals surface area contributed by atoms with Gasteiger partial charge in [-0.1, -0.05) is 147 Å². The van der Waals surface area contributed by atoms with E-state index in [0.717, 1.165) is 23.5 Å². The van der Waals surface area contributed by atoms with E-state index >= 15 is 0 Å². The molecule has 0 radical (unpaired) electrons. The number of hydrogen-bond donors (Lipinski definition) is 0. The second-order valence-electron chi connectivity index (χ2n) is 13.4. The highest BCUT2D eigenvalue weighted by Crippen LogP contribution is 2.21. The Morgan fingerprint density at radius 3 is 1.14 bits per heavy atom. The molecule has 43 heavy (non-hydrogen) atoms. The van der Waals surface area contributed by atoms with Crippen molar-refractivity contribution in [2.45, 2.75) is 176 Å². The molecular weight excluding hydrogens is 520 g/mol. The summed E-state index contributed by atoms with van der Waals surface area (Å²) in [5.41, 5.74) is 8.18. The van der Waals surface area contributed by atoms with Crippen molar-refractivity contribution in [1.29, 1.82) is 0 Å². The van der Waals surface area contributed by atoms with E-state index in [9.17, 15) is 0 Å². The molecule has 2 aromatic carbocycles. The molecule has 240 valence electrons. The van der Waals surface area contributed by atoms with E-state index in [2.05, 4.69) is 71.0 Å². The third kappa shape index (κ3) is 19.6. The van der Waals surface area contributed by atoms with Crippen LogP contribution in [0.4, 0.5) is 11.4 Å². The Bertz CT molecular complexity index is 1010. The topological polar surface area (TPSA) is 24.7 Å². The third-order valence-corrected chi connectivity index (χ3v) is 8.58. The smallest absolute Gasteiger partial charge is 0.0638 e. The Morgan fingerprint density at radius 1 is 0.442 bits per heavy atom. The molecule has 2 rings (SSSR count). The molecule has 0 atom stereocenters. The Labute approximate surface area is 267 Å². The van der Waals surface area contributed by atoms with Gasteiger partial charge in [0.05, 0.1) is 17.1 Å². The molecule has 2 nitrogen and oxygen atoms in total. The zero-order valence-electron chi connectivity index (χ0n) is 29.0. The number of hydrogen-bond acceptors (Lipinski definition) is 2. The predicted molar refractivity (Wildman–Crippen MR) is 194 cm³/mol. The van der Waals surface area contributed by atoms with Gasteiger partial charge >= 0.3 is 0 Å². The van der Waals surface area contributed by atoms with Gasteiger partial charge in [-0.15, -0.1) is 0 Å². The van der Waals surface area contributed by atoms with Gasteiger partial charge in [0.25, 0.3) is 0 Å². The van der Waals surface area contributed by atoms with Gasteiger partial charge in [0.2, 0.25) is 0 Å². The first-order chi connectivity index (χ1) is 21.0. The maximum atomic E-state index is 5.03. The lowest BCUT2D eigenvalue weighted by Gasteiger charge is -2.06. The molecule has 0 heterocycles. The van der Waals surface area contributed by atoms with Gasteiger partial charge in [-0.05, 0) is 87.1 Å². The molecule has 0 aromatic heterocycles. The van der Waals surface area contributed by atoms with E-state index < -0.39 is 0 Å². The number of aryl methyl sites for hydroxylation is 4. The molecule has 2 heteroatoms. The van der Waals surface area contributed by atoms with Gasteiger partial charge in [-0.2, -0.15) is 0 Å². The zero-order chi connectivity index (χ0) is 31.0. The lowest BCUT2D eigenvalue weighted by Crippen LogP contribution is -2.00.